The van der Waals surface area contributed by atoms with Gasteiger partial charge in [0.2, 0.25) is 0 Å². The highest BCUT2D eigenvalue weighted by molar-refractivity contribution is 5.97. The minimum Gasteiger partial charge on any atom is -0.506 e. The first kappa shape index (κ1) is 18.2. The standard InChI is InChI=1S/C17H25NO4/c1-2-3-4-5-11-22-17(21)8-6-7-15(19)13-9-10-14(18)16(20)12-13/h6,8-10,12,17,20-21H,2-5,7,11,18H2,1H3. The number of benzene rings is 1. The van der Waals surface area contributed by atoms with Crippen molar-refractivity contribution in [3.8, 4) is 5.75 Å². The van der Waals surface area contributed by atoms with Crippen molar-refractivity contribution in [2.24, 2.45) is 0 Å². The monoisotopic (exact) mass is 307 g/mol. The molecular formula is C17H25NO4. The van der Waals surface area contributed by atoms with E-state index in [-0.39, 0.29) is 23.6 Å². The summed E-state index contributed by atoms with van der Waals surface area (Å²) in [5.74, 6) is -0.271. The Morgan fingerprint density at radius 2 is 2.14 bits per heavy atom. The zero-order valence-corrected chi connectivity index (χ0v) is 13.0. The molecule has 0 saturated carbocycles. The summed E-state index contributed by atoms with van der Waals surface area (Å²) in [4.78, 5) is 11.9. The predicted octanol–water partition coefficient (Wildman–Crippen LogP) is 3.02. The van der Waals surface area contributed by atoms with Gasteiger partial charge in [0, 0.05) is 12.0 Å². The fourth-order valence-corrected chi connectivity index (χ4v) is 1.91. The minimum atomic E-state index is -0.991. The number of Topliss-reactive ketones (excluding diaryl/α,β-unsaturated/α-hetero) is 1. The number of ketones is 1. The lowest BCUT2D eigenvalue weighted by Gasteiger charge is -2.07. The summed E-state index contributed by atoms with van der Waals surface area (Å²) in [7, 11) is 0. The van der Waals surface area contributed by atoms with E-state index in [1.807, 2.05) is 0 Å². The lowest BCUT2D eigenvalue weighted by Crippen LogP contribution is -2.09. The zero-order chi connectivity index (χ0) is 16.4. The van der Waals surface area contributed by atoms with E-state index in [1.165, 1.54) is 18.2 Å². The van der Waals surface area contributed by atoms with Crippen LogP contribution in [-0.2, 0) is 4.74 Å². The van der Waals surface area contributed by atoms with Gasteiger partial charge in [0.25, 0.3) is 0 Å². The third-order valence-electron chi connectivity index (χ3n) is 3.24. The van der Waals surface area contributed by atoms with Crippen LogP contribution in [0.3, 0.4) is 0 Å². The number of aromatic hydroxyl groups is 1. The maximum absolute atomic E-state index is 11.9. The van der Waals surface area contributed by atoms with E-state index in [0.717, 1.165) is 25.7 Å². The number of rotatable bonds is 10. The van der Waals surface area contributed by atoms with Crippen LogP contribution in [0.1, 0.15) is 49.4 Å². The lowest BCUT2D eigenvalue weighted by atomic mass is 10.1. The van der Waals surface area contributed by atoms with E-state index in [9.17, 15) is 15.0 Å². The van der Waals surface area contributed by atoms with Gasteiger partial charge in [-0.15, -0.1) is 0 Å². The molecule has 1 unspecified atom stereocenters. The molecule has 1 aromatic rings. The van der Waals surface area contributed by atoms with Crippen LogP contribution in [0.25, 0.3) is 0 Å². The van der Waals surface area contributed by atoms with E-state index in [2.05, 4.69) is 6.92 Å². The van der Waals surface area contributed by atoms with Gasteiger partial charge in [0.15, 0.2) is 12.1 Å². The van der Waals surface area contributed by atoms with Crippen LogP contribution < -0.4 is 5.73 Å². The van der Waals surface area contributed by atoms with Crippen LogP contribution in [0.5, 0.6) is 5.75 Å². The average molecular weight is 307 g/mol. The Hall–Kier alpha value is -1.85. The van der Waals surface area contributed by atoms with E-state index in [1.54, 1.807) is 12.1 Å². The maximum Gasteiger partial charge on any atom is 0.174 e. The molecule has 0 heterocycles. The summed E-state index contributed by atoms with van der Waals surface area (Å²) in [6.07, 6.45) is 6.48. The Balaban J connectivity index is 2.31. The maximum atomic E-state index is 11.9. The smallest absolute Gasteiger partial charge is 0.174 e. The van der Waals surface area contributed by atoms with Crippen LogP contribution in [0.4, 0.5) is 5.69 Å². The fourth-order valence-electron chi connectivity index (χ4n) is 1.91. The number of aliphatic hydroxyl groups is 1. The molecule has 0 aliphatic heterocycles. The molecule has 5 heteroatoms. The number of allylic oxidation sites excluding steroid dienone is 1. The van der Waals surface area contributed by atoms with Gasteiger partial charge in [-0.2, -0.15) is 0 Å². The van der Waals surface area contributed by atoms with Gasteiger partial charge in [-0.1, -0.05) is 32.3 Å². The highest BCUT2D eigenvalue weighted by Gasteiger charge is 2.07. The van der Waals surface area contributed by atoms with Crippen molar-refractivity contribution in [1.29, 1.82) is 0 Å². The van der Waals surface area contributed by atoms with Gasteiger partial charge < -0.3 is 20.7 Å². The fraction of sp³-hybridized carbons (Fsp3) is 0.471. The highest BCUT2D eigenvalue weighted by atomic mass is 16.6. The molecule has 5 nitrogen and oxygen atoms in total. The molecule has 4 N–H and O–H groups in total. The Kier molecular flexibility index (Phi) is 8.25. The van der Waals surface area contributed by atoms with E-state index in [4.69, 9.17) is 10.5 Å². The molecule has 0 saturated heterocycles. The van der Waals surface area contributed by atoms with Crippen molar-refractivity contribution in [2.45, 2.75) is 45.3 Å². The molecular weight excluding hydrogens is 282 g/mol. The third-order valence-corrected chi connectivity index (χ3v) is 3.24. The van der Waals surface area contributed by atoms with E-state index < -0.39 is 6.29 Å². The number of aliphatic hydroxyl groups excluding tert-OH is 1. The quantitative estimate of drug-likeness (QED) is 0.154. The van der Waals surface area contributed by atoms with Crippen molar-refractivity contribution in [3.05, 3.63) is 35.9 Å². The van der Waals surface area contributed by atoms with Crippen LogP contribution in [0.15, 0.2) is 30.4 Å². The Labute approximate surface area is 131 Å². The number of nitrogen functional groups attached to an aromatic ring is 1. The minimum absolute atomic E-state index is 0.106. The Morgan fingerprint density at radius 3 is 2.82 bits per heavy atom. The summed E-state index contributed by atoms with van der Waals surface area (Å²) in [5.41, 5.74) is 6.10. The normalized spacial score (nSPS) is 12.6. The summed E-state index contributed by atoms with van der Waals surface area (Å²) in [5, 5.41) is 19.1. The number of anilines is 1. The average Bonchev–Trinajstić information content (AvgIpc) is 2.49. The number of carbonyl (C=O) groups excluding carboxylic acids is 1. The number of phenols is 1. The van der Waals surface area contributed by atoms with Gasteiger partial charge in [0.1, 0.15) is 5.75 Å². The van der Waals surface area contributed by atoms with Crippen LogP contribution >= 0.6 is 0 Å². The second kappa shape index (κ2) is 9.97. The Bertz CT molecular complexity index is 499. The second-order valence-corrected chi connectivity index (χ2v) is 5.15. The predicted molar refractivity (Wildman–Crippen MR) is 86.7 cm³/mol. The SMILES string of the molecule is CCCCCCOC(O)C=CCC(=O)c1ccc(N)c(O)c1. The van der Waals surface area contributed by atoms with Gasteiger partial charge in [-0.3, -0.25) is 4.79 Å². The van der Waals surface area contributed by atoms with Crippen LogP contribution in [-0.4, -0.2) is 28.9 Å². The van der Waals surface area contributed by atoms with Crippen molar-refractivity contribution in [3.63, 3.8) is 0 Å². The van der Waals surface area contributed by atoms with Gasteiger partial charge in [-0.25, -0.2) is 0 Å². The molecule has 0 aliphatic rings. The number of nitrogens with two attached hydrogens (primary N) is 1. The first-order valence-corrected chi connectivity index (χ1v) is 7.62. The van der Waals surface area contributed by atoms with Crippen LogP contribution in [0, 0.1) is 0 Å². The number of hydrogen-bond donors (Lipinski definition) is 3. The summed E-state index contributed by atoms with van der Waals surface area (Å²) < 4.78 is 5.21. The van der Waals surface area contributed by atoms with E-state index in [0.29, 0.717) is 12.2 Å². The third kappa shape index (κ3) is 6.74. The summed E-state index contributed by atoms with van der Waals surface area (Å²) in [6, 6.07) is 4.39. The molecule has 0 amide bonds. The number of carbonyl (C=O) groups is 1. The molecule has 1 aromatic carbocycles. The molecule has 122 valence electrons. The number of phenolic OH excluding ortho intramolecular Hbond substituents is 1. The first-order chi connectivity index (χ1) is 10.5. The van der Waals surface area contributed by atoms with Crippen molar-refractivity contribution < 1.29 is 19.7 Å². The summed E-state index contributed by atoms with van der Waals surface area (Å²) >= 11 is 0. The number of unbranched alkanes of at least 4 members (excludes halogenated alkanes) is 3. The first-order valence-electron chi connectivity index (χ1n) is 7.62. The zero-order valence-electron chi connectivity index (χ0n) is 13.0. The van der Waals surface area contributed by atoms with Crippen molar-refractivity contribution in [2.75, 3.05) is 12.3 Å². The van der Waals surface area contributed by atoms with Crippen molar-refractivity contribution >= 4 is 11.5 Å². The summed E-state index contributed by atoms with van der Waals surface area (Å²) in [6.45, 7) is 2.64. The number of ether oxygens (including phenoxy) is 1. The van der Waals surface area contributed by atoms with Gasteiger partial charge in [-0.05, 0) is 30.7 Å². The Morgan fingerprint density at radius 1 is 1.36 bits per heavy atom. The molecule has 0 radical (unpaired) electrons. The largest absolute Gasteiger partial charge is 0.506 e. The second-order valence-electron chi connectivity index (χ2n) is 5.15. The number of hydrogen-bond acceptors (Lipinski definition) is 5. The van der Waals surface area contributed by atoms with Crippen molar-refractivity contribution in [1.82, 2.24) is 0 Å². The molecule has 0 aromatic heterocycles. The topological polar surface area (TPSA) is 92.8 Å². The van der Waals surface area contributed by atoms with Gasteiger partial charge in [0.05, 0.1) is 12.3 Å². The molecule has 1 rings (SSSR count). The highest BCUT2D eigenvalue weighted by Crippen LogP contribution is 2.21. The molecule has 0 bridgehead atoms. The lowest BCUT2D eigenvalue weighted by molar-refractivity contribution is -0.0651. The molecule has 0 aliphatic carbocycles. The van der Waals surface area contributed by atoms with Crippen LogP contribution in [0.2, 0.25) is 0 Å². The molecule has 1 atom stereocenters. The van der Waals surface area contributed by atoms with Gasteiger partial charge >= 0.3 is 0 Å². The molecule has 0 fully saturated rings. The van der Waals surface area contributed by atoms with E-state index >= 15 is 0 Å². The molecule has 0 spiro atoms. The molecule has 22 heavy (non-hydrogen) atoms.